The van der Waals surface area contributed by atoms with Gasteiger partial charge in [-0.05, 0) is 36.5 Å². The second kappa shape index (κ2) is 5.10. The van der Waals surface area contributed by atoms with Gasteiger partial charge in [0.1, 0.15) is 0 Å². The number of nitrogens with one attached hydrogen (secondary N) is 1. The van der Waals surface area contributed by atoms with Crippen molar-refractivity contribution in [1.29, 1.82) is 0 Å². The molecule has 82 valence electrons. The third kappa shape index (κ3) is 2.80. The molecular weight excluding hydrogens is 252 g/mol. The van der Waals surface area contributed by atoms with Crippen molar-refractivity contribution in [3.8, 4) is 0 Å². The van der Waals surface area contributed by atoms with Gasteiger partial charge in [0.05, 0.1) is 0 Å². The zero-order chi connectivity index (χ0) is 10.7. The summed E-state index contributed by atoms with van der Waals surface area (Å²) in [7, 11) is 0. The minimum absolute atomic E-state index is 0.683. The highest BCUT2D eigenvalue weighted by Crippen LogP contribution is 2.36. The molecule has 0 unspecified atom stereocenters. The first-order valence-electron chi connectivity index (χ1n) is 5.48. The van der Waals surface area contributed by atoms with E-state index in [1.165, 1.54) is 18.4 Å². The number of benzene rings is 1. The van der Waals surface area contributed by atoms with Gasteiger partial charge in [0, 0.05) is 23.6 Å². The minimum Gasteiger partial charge on any atom is -0.329 e. The Hall–Kier alpha value is -0.380. The molecule has 2 rings (SSSR count). The van der Waals surface area contributed by atoms with Crippen LogP contribution in [0.25, 0.3) is 0 Å². The van der Waals surface area contributed by atoms with Gasteiger partial charge >= 0.3 is 0 Å². The molecule has 0 atom stereocenters. The van der Waals surface area contributed by atoms with E-state index in [0.29, 0.717) is 6.04 Å². The quantitative estimate of drug-likeness (QED) is 0.879. The number of hydrogen-bond donors (Lipinski definition) is 2. The summed E-state index contributed by atoms with van der Waals surface area (Å²) in [6.45, 7) is 1.68. The average Bonchev–Trinajstić information content (AvgIpc) is 2.18. The molecule has 3 N–H and O–H groups in total. The van der Waals surface area contributed by atoms with E-state index in [2.05, 4.69) is 45.5 Å². The normalized spacial score (nSPS) is 24.9. The number of halogens is 1. The molecule has 1 aromatic rings. The van der Waals surface area contributed by atoms with Crippen molar-refractivity contribution < 1.29 is 0 Å². The van der Waals surface area contributed by atoms with Crippen molar-refractivity contribution in [1.82, 2.24) is 5.32 Å². The van der Waals surface area contributed by atoms with Crippen LogP contribution in [0.1, 0.15) is 24.3 Å². The highest BCUT2D eigenvalue weighted by molar-refractivity contribution is 9.10. The maximum absolute atomic E-state index is 5.45. The minimum atomic E-state index is 0.683. The molecule has 0 heterocycles. The zero-order valence-electron chi connectivity index (χ0n) is 8.75. The third-order valence-electron chi connectivity index (χ3n) is 3.06. The summed E-state index contributed by atoms with van der Waals surface area (Å²) in [5.41, 5.74) is 6.91. The molecule has 0 aromatic heterocycles. The van der Waals surface area contributed by atoms with Crippen LogP contribution >= 0.6 is 15.9 Å². The van der Waals surface area contributed by atoms with Gasteiger partial charge in [-0.3, -0.25) is 0 Å². The fraction of sp³-hybridized carbons (Fsp3) is 0.500. The molecule has 0 amide bonds. The summed E-state index contributed by atoms with van der Waals surface area (Å²) < 4.78 is 1.16. The van der Waals surface area contributed by atoms with Crippen LogP contribution in [0.15, 0.2) is 28.7 Å². The van der Waals surface area contributed by atoms with Gasteiger partial charge in [-0.15, -0.1) is 0 Å². The van der Waals surface area contributed by atoms with E-state index in [1.807, 2.05) is 0 Å². The van der Waals surface area contributed by atoms with Crippen LogP contribution in [-0.2, 0) is 0 Å². The Morgan fingerprint density at radius 2 is 1.93 bits per heavy atom. The Morgan fingerprint density at radius 3 is 2.53 bits per heavy atom. The van der Waals surface area contributed by atoms with Crippen LogP contribution in [0.3, 0.4) is 0 Å². The monoisotopic (exact) mass is 268 g/mol. The number of nitrogens with two attached hydrogens (primary N) is 1. The highest BCUT2D eigenvalue weighted by Gasteiger charge is 2.29. The van der Waals surface area contributed by atoms with Gasteiger partial charge in [-0.25, -0.2) is 0 Å². The van der Waals surface area contributed by atoms with E-state index in [1.54, 1.807) is 0 Å². The molecule has 0 radical (unpaired) electrons. The van der Waals surface area contributed by atoms with Crippen LogP contribution in [0.2, 0.25) is 0 Å². The molecule has 0 bridgehead atoms. The smallest absolute Gasteiger partial charge is 0.0175 e. The fourth-order valence-corrected chi connectivity index (χ4v) is 2.34. The molecule has 2 nitrogen and oxygen atoms in total. The van der Waals surface area contributed by atoms with Crippen molar-refractivity contribution in [2.75, 3.05) is 13.1 Å². The molecule has 0 aliphatic heterocycles. The first kappa shape index (κ1) is 11.1. The Balaban J connectivity index is 1.81. The predicted octanol–water partition coefficient (Wildman–Crippen LogP) is 2.24. The van der Waals surface area contributed by atoms with Gasteiger partial charge < -0.3 is 11.1 Å². The van der Waals surface area contributed by atoms with Crippen LogP contribution < -0.4 is 11.1 Å². The molecule has 1 fully saturated rings. The lowest BCUT2D eigenvalue weighted by molar-refractivity contribution is 0.294. The maximum Gasteiger partial charge on any atom is 0.0175 e. The first-order chi connectivity index (χ1) is 7.29. The lowest BCUT2D eigenvalue weighted by atomic mass is 9.76. The van der Waals surface area contributed by atoms with Gasteiger partial charge in [0.2, 0.25) is 0 Å². The van der Waals surface area contributed by atoms with Crippen molar-refractivity contribution in [2.24, 2.45) is 5.73 Å². The standard InChI is InChI=1S/C12H17BrN2/c13-11-3-1-9(2-4-11)10-7-12(8-10)15-6-5-14/h1-4,10,12,15H,5-8,14H2. The maximum atomic E-state index is 5.45. The largest absolute Gasteiger partial charge is 0.329 e. The summed E-state index contributed by atoms with van der Waals surface area (Å²) in [6, 6.07) is 9.36. The second-order valence-electron chi connectivity index (χ2n) is 4.16. The Morgan fingerprint density at radius 1 is 1.27 bits per heavy atom. The van der Waals surface area contributed by atoms with E-state index in [-0.39, 0.29) is 0 Å². The lowest BCUT2D eigenvalue weighted by Crippen LogP contribution is -2.42. The summed E-state index contributed by atoms with van der Waals surface area (Å²) >= 11 is 3.45. The van der Waals surface area contributed by atoms with E-state index in [9.17, 15) is 0 Å². The summed E-state index contributed by atoms with van der Waals surface area (Å²) in [6.07, 6.45) is 2.50. The topological polar surface area (TPSA) is 38.0 Å². The molecule has 3 heteroatoms. The summed E-state index contributed by atoms with van der Waals surface area (Å²) in [5.74, 6) is 0.744. The molecule has 1 saturated carbocycles. The fourth-order valence-electron chi connectivity index (χ4n) is 2.08. The van der Waals surface area contributed by atoms with E-state index >= 15 is 0 Å². The van der Waals surface area contributed by atoms with Gasteiger partial charge in [-0.2, -0.15) is 0 Å². The second-order valence-corrected chi connectivity index (χ2v) is 5.08. The predicted molar refractivity (Wildman–Crippen MR) is 67.0 cm³/mol. The first-order valence-corrected chi connectivity index (χ1v) is 6.28. The highest BCUT2D eigenvalue weighted by atomic mass is 79.9. The van der Waals surface area contributed by atoms with Crippen molar-refractivity contribution >= 4 is 15.9 Å². The number of hydrogen-bond acceptors (Lipinski definition) is 2. The lowest BCUT2D eigenvalue weighted by Gasteiger charge is -2.36. The molecule has 0 saturated heterocycles. The molecular formula is C12H17BrN2. The van der Waals surface area contributed by atoms with E-state index < -0.39 is 0 Å². The van der Waals surface area contributed by atoms with Crippen LogP contribution in [0, 0.1) is 0 Å². The van der Waals surface area contributed by atoms with Crippen LogP contribution in [0.4, 0.5) is 0 Å². The summed E-state index contributed by atoms with van der Waals surface area (Å²) in [4.78, 5) is 0. The molecule has 0 spiro atoms. The third-order valence-corrected chi connectivity index (χ3v) is 3.59. The summed E-state index contributed by atoms with van der Waals surface area (Å²) in [5, 5.41) is 3.45. The molecule has 1 aromatic carbocycles. The zero-order valence-corrected chi connectivity index (χ0v) is 10.3. The van der Waals surface area contributed by atoms with Gasteiger partial charge in [0.25, 0.3) is 0 Å². The van der Waals surface area contributed by atoms with Crippen LogP contribution in [-0.4, -0.2) is 19.1 Å². The molecule has 1 aliphatic rings. The van der Waals surface area contributed by atoms with E-state index in [0.717, 1.165) is 23.5 Å². The van der Waals surface area contributed by atoms with Crippen LogP contribution in [0.5, 0.6) is 0 Å². The molecule has 15 heavy (non-hydrogen) atoms. The SMILES string of the molecule is NCCNC1CC(c2ccc(Br)cc2)C1. The Bertz CT molecular complexity index is 304. The Labute approximate surface area is 99.4 Å². The van der Waals surface area contributed by atoms with Crippen molar-refractivity contribution in [2.45, 2.75) is 24.8 Å². The van der Waals surface area contributed by atoms with Crippen molar-refractivity contribution in [3.05, 3.63) is 34.3 Å². The van der Waals surface area contributed by atoms with Gasteiger partial charge in [-0.1, -0.05) is 28.1 Å². The Kier molecular flexibility index (Phi) is 3.78. The number of rotatable bonds is 4. The average molecular weight is 269 g/mol. The molecule has 1 aliphatic carbocycles. The van der Waals surface area contributed by atoms with Gasteiger partial charge in [0.15, 0.2) is 0 Å². The van der Waals surface area contributed by atoms with E-state index in [4.69, 9.17) is 5.73 Å². The van der Waals surface area contributed by atoms with Crippen molar-refractivity contribution in [3.63, 3.8) is 0 Å².